The molecule has 5 nitrogen and oxygen atoms in total. The predicted molar refractivity (Wildman–Crippen MR) is 115 cm³/mol. The first-order valence-corrected chi connectivity index (χ1v) is 11.0. The fourth-order valence-corrected chi connectivity index (χ4v) is 4.72. The predicted octanol–water partition coefficient (Wildman–Crippen LogP) is 3.79. The highest BCUT2D eigenvalue weighted by Crippen LogP contribution is 2.34. The topological polar surface area (TPSA) is 46.6 Å². The van der Waals surface area contributed by atoms with Gasteiger partial charge in [-0.25, -0.2) is 0 Å². The molecule has 1 saturated heterocycles. The fraction of sp³-hybridized carbons (Fsp3) is 0.542. The van der Waals surface area contributed by atoms with Gasteiger partial charge in [0.25, 0.3) is 0 Å². The molecule has 0 atom stereocenters. The molecule has 2 fully saturated rings. The summed E-state index contributed by atoms with van der Waals surface area (Å²) in [6, 6.07) is 12.3. The van der Waals surface area contributed by atoms with E-state index in [4.69, 9.17) is 9.47 Å². The number of pyridine rings is 1. The maximum absolute atomic E-state index is 6.10. The Labute approximate surface area is 174 Å². The van der Waals surface area contributed by atoms with Crippen LogP contribution in [0.2, 0.25) is 0 Å². The molecule has 5 heteroatoms. The first-order valence-electron chi connectivity index (χ1n) is 11.0. The van der Waals surface area contributed by atoms with Gasteiger partial charge in [0.1, 0.15) is 12.4 Å². The van der Waals surface area contributed by atoms with E-state index in [-0.39, 0.29) is 5.54 Å². The molecule has 1 N–H and O–H groups in total. The first-order chi connectivity index (χ1) is 14.4. The number of para-hydroxylation sites is 1. The molecule has 1 aliphatic heterocycles. The van der Waals surface area contributed by atoms with Gasteiger partial charge in [-0.1, -0.05) is 43.5 Å². The highest BCUT2D eigenvalue weighted by Gasteiger charge is 2.38. The van der Waals surface area contributed by atoms with Crippen molar-refractivity contribution in [1.82, 2.24) is 15.2 Å². The summed E-state index contributed by atoms with van der Waals surface area (Å²) in [6.45, 7) is 6.26. The van der Waals surface area contributed by atoms with Gasteiger partial charge in [0.05, 0.1) is 13.2 Å². The van der Waals surface area contributed by atoms with Gasteiger partial charge in [-0.05, 0) is 25.0 Å². The quantitative estimate of drug-likeness (QED) is 0.737. The average molecular weight is 396 g/mol. The maximum Gasteiger partial charge on any atom is 0.124 e. The molecule has 29 heavy (non-hydrogen) atoms. The smallest absolute Gasteiger partial charge is 0.124 e. The van der Waals surface area contributed by atoms with Crippen LogP contribution in [0.3, 0.4) is 0 Å². The zero-order valence-corrected chi connectivity index (χ0v) is 17.3. The van der Waals surface area contributed by atoms with Gasteiger partial charge in [-0.15, -0.1) is 0 Å². The molecule has 4 rings (SSSR count). The molecule has 2 aliphatic rings. The average Bonchev–Trinajstić information content (AvgIpc) is 2.80. The van der Waals surface area contributed by atoms with E-state index < -0.39 is 0 Å². The highest BCUT2D eigenvalue weighted by molar-refractivity contribution is 5.33. The van der Waals surface area contributed by atoms with Gasteiger partial charge in [0.15, 0.2) is 0 Å². The van der Waals surface area contributed by atoms with Crippen molar-refractivity contribution in [2.24, 2.45) is 0 Å². The molecule has 1 aromatic carbocycles. The van der Waals surface area contributed by atoms with Crippen LogP contribution in [0, 0.1) is 0 Å². The van der Waals surface area contributed by atoms with E-state index in [0.717, 1.165) is 50.7 Å². The lowest BCUT2D eigenvalue weighted by molar-refractivity contribution is -0.0369. The van der Waals surface area contributed by atoms with Crippen molar-refractivity contribution >= 4 is 0 Å². The van der Waals surface area contributed by atoms with E-state index in [9.17, 15) is 0 Å². The van der Waals surface area contributed by atoms with Crippen LogP contribution in [0.1, 0.15) is 43.2 Å². The normalized spacial score (nSPS) is 19.7. The van der Waals surface area contributed by atoms with Crippen LogP contribution in [0.15, 0.2) is 48.8 Å². The minimum atomic E-state index is 0.285. The van der Waals surface area contributed by atoms with Crippen molar-refractivity contribution in [1.29, 1.82) is 0 Å². The van der Waals surface area contributed by atoms with Gasteiger partial charge in [0, 0.05) is 55.2 Å². The third kappa shape index (κ3) is 5.35. The van der Waals surface area contributed by atoms with Gasteiger partial charge >= 0.3 is 0 Å². The number of nitrogens with one attached hydrogen (secondary N) is 1. The van der Waals surface area contributed by atoms with E-state index >= 15 is 0 Å². The summed E-state index contributed by atoms with van der Waals surface area (Å²) in [5.74, 6) is 0.952. The second kappa shape index (κ2) is 10.2. The molecule has 0 radical (unpaired) electrons. The summed E-state index contributed by atoms with van der Waals surface area (Å²) in [6.07, 6.45) is 10.3. The zero-order chi connectivity index (χ0) is 19.8. The van der Waals surface area contributed by atoms with Crippen LogP contribution in [0.5, 0.6) is 5.75 Å². The summed E-state index contributed by atoms with van der Waals surface area (Å²) in [7, 11) is 0. The molecule has 156 valence electrons. The van der Waals surface area contributed by atoms with E-state index in [0.29, 0.717) is 6.61 Å². The molecule has 1 aromatic heterocycles. The molecule has 0 spiro atoms. The fourth-order valence-electron chi connectivity index (χ4n) is 4.72. The molecule has 0 unspecified atom stereocenters. The molecule has 0 bridgehead atoms. The Morgan fingerprint density at radius 1 is 1.03 bits per heavy atom. The summed E-state index contributed by atoms with van der Waals surface area (Å²) in [4.78, 5) is 6.85. The van der Waals surface area contributed by atoms with Crippen molar-refractivity contribution in [3.8, 4) is 5.75 Å². The minimum Gasteiger partial charge on any atom is -0.489 e. The van der Waals surface area contributed by atoms with E-state index in [1.54, 1.807) is 6.20 Å². The van der Waals surface area contributed by atoms with Crippen molar-refractivity contribution < 1.29 is 9.47 Å². The molecule has 2 aromatic rings. The Morgan fingerprint density at radius 2 is 1.86 bits per heavy atom. The second-order valence-corrected chi connectivity index (χ2v) is 8.25. The summed E-state index contributed by atoms with van der Waals surface area (Å²) >= 11 is 0. The number of aromatic nitrogens is 1. The lowest BCUT2D eigenvalue weighted by Crippen LogP contribution is -2.59. The lowest BCUT2D eigenvalue weighted by Gasteiger charge is -2.48. The lowest BCUT2D eigenvalue weighted by atomic mass is 9.79. The Bertz CT molecular complexity index is 741. The monoisotopic (exact) mass is 395 g/mol. The number of hydrogen-bond acceptors (Lipinski definition) is 5. The number of ether oxygens (including phenoxy) is 2. The zero-order valence-electron chi connectivity index (χ0n) is 17.3. The second-order valence-electron chi connectivity index (χ2n) is 8.25. The summed E-state index contributed by atoms with van der Waals surface area (Å²) in [5, 5.41) is 3.77. The summed E-state index contributed by atoms with van der Waals surface area (Å²) in [5.41, 5.74) is 2.58. The van der Waals surface area contributed by atoms with Crippen LogP contribution in [0.4, 0.5) is 0 Å². The number of nitrogens with zero attached hydrogens (tertiary/aromatic N) is 2. The molecule has 1 aliphatic carbocycles. The van der Waals surface area contributed by atoms with Gasteiger partial charge in [0.2, 0.25) is 0 Å². The van der Waals surface area contributed by atoms with Gasteiger partial charge in [-0.3, -0.25) is 9.88 Å². The highest BCUT2D eigenvalue weighted by atomic mass is 16.5. The number of hydrogen-bond donors (Lipinski definition) is 1. The van der Waals surface area contributed by atoms with Crippen LogP contribution in [0.25, 0.3) is 0 Å². The SMILES string of the molecule is c1cncc(COc2ccccc2CNCC2(N3CCOCC3)CCCCC2)c1. The van der Waals surface area contributed by atoms with Crippen LogP contribution in [-0.2, 0) is 17.9 Å². The van der Waals surface area contributed by atoms with Crippen molar-refractivity contribution in [2.45, 2.75) is 50.8 Å². The third-order valence-corrected chi connectivity index (χ3v) is 6.33. The molecule has 2 heterocycles. The molecular weight excluding hydrogens is 362 g/mol. The van der Waals surface area contributed by atoms with Crippen molar-refractivity contribution in [3.05, 3.63) is 59.9 Å². The maximum atomic E-state index is 6.10. The molecular formula is C24H33N3O2. The van der Waals surface area contributed by atoms with Crippen molar-refractivity contribution in [2.75, 3.05) is 32.8 Å². The Kier molecular flexibility index (Phi) is 7.14. The van der Waals surface area contributed by atoms with Crippen LogP contribution in [-0.4, -0.2) is 48.3 Å². The van der Waals surface area contributed by atoms with Crippen LogP contribution >= 0.6 is 0 Å². The Balaban J connectivity index is 1.36. The summed E-state index contributed by atoms with van der Waals surface area (Å²) < 4.78 is 11.7. The number of benzene rings is 1. The number of morpholine rings is 1. The third-order valence-electron chi connectivity index (χ3n) is 6.33. The van der Waals surface area contributed by atoms with Gasteiger partial charge < -0.3 is 14.8 Å². The minimum absolute atomic E-state index is 0.285. The van der Waals surface area contributed by atoms with E-state index in [1.807, 2.05) is 24.4 Å². The first kappa shape index (κ1) is 20.3. The largest absolute Gasteiger partial charge is 0.489 e. The van der Waals surface area contributed by atoms with E-state index in [1.165, 1.54) is 37.7 Å². The Hall–Kier alpha value is -1.95. The van der Waals surface area contributed by atoms with Crippen molar-refractivity contribution in [3.63, 3.8) is 0 Å². The molecule has 0 amide bonds. The number of rotatable bonds is 8. The van der Waals surface area contributed by atoms with Crippen LogP contribution < -0.4 is 10.1 Å². The standard InChI is InChI=1S/C24H33N3O2/c1-4-10-24(11-5-1,27-13-15-28-16-14-27)20-26-18-22-8-2-3-9-23(22)29-19-21-7-6-12-25-17-21/h2-3,6-9,12,17,26H,1,4-5,10-11,13-16,18-20H2. The van der Waals surface area contributed by atoms with E-state index in [2.05, 4.69) is 33.4 Å². The molecule has 1 saturated carbocycles. The Morgan fingerprint density at radius 3 is 2.66 bits per heavy atom. The van der Waals surface area contributed by atoms with Gasteiger partial charge in [-0.2, -0.15) is 0 Å².